The van der Waals surface area contributed by atoms with Crippen LogP contribution in [0.25, 0.3) is 0 Å². The molecule has 0 aliphatic heterocycles. The van der Waals surface area contributed by atoms with Crippen molar-refractivity contribution in [1.82, 2.24) is 0 Å². The van der Waals surface area contributed by atoms with Crippen LogP contribution in [0.4, 0.5) is 0 Å². The third-order valence-corrected chi connectivity index (χ3v) is 4.57. The van der Waals surface area contributed by atoms with Crippen LogP contribution in [0.15, 0.2) is 11.6 Å². The number of ketones is 1. The van der Waals surface area contributed by atoms with Gasteiger partial charge < -0.3 is 0 Å². The lowest BCUT2D eigenvalue weighted by molar-refractivity contribution is -0.129. The summed E-state index contributed by atoms with van der Waals surface area (Å²) < 4.78 is 1.05. The summed E-state index contributed by atoms with van der Waals surface area (Å²) in [5, 5.41) is 0. The third-order valence-electron chi connectivity index (χ3n) is 3.75. The van der Waals surface area contributed by atoms with Crippen molar-refractivity contribution in [2.75, 3.05) is 4.43 Å². The average Bonchev–Trinajstić information content (AvgIpc) is 2.23. The number of allylic oxidation sites excluding steroid dienone is 2. The molecule has 0 bridgehead atoms. The molecule has 2 rings (SSSR count). The highest BCUT2D eigenvalue weighted by atomic mass is 127. The lowest BCUT2D eigenvalue weighted by atomic mass is 9.64. The molecule has 0 aromatic heterocycles. The molecule has 0 heterocycles. The van der Waals surface area contributed by atoms with E-state index in [-0.39, 0.29) is 5.41 Å². The minimum atomic E-state index is -0.00229. The number of halogens is 1. The number of carbonyl (C=O) groups excluding carboxylic acids is 1. The molecular weight excluding hydrogens is 287 g/mol. The van der Waals surface area contributed by atoms with Crippen LogP contribution in [0.5, 0.6) is 0 Å². The number of hydrogen-bond acceptors (Lipinski definition) is 1. The van der Waals surface area contributed by atoms with Gasteiger partial charge in [-0.3, -0.25) is 4.79 Å². The second kappa shape index (κ2) is 4.33. The van der Waals surface area contributed by atoms with Crippen LogP contribution in [-0.4, -0.2) is 10.2 Å². The van der Waals surface area contributed by atoms with Gasteiger partial charge in [0, 0.05) is 10.8 Å². The summed E-state index contributed by atoms with van der Waals surface area (Å²) in [5.74, 6) is 0.534. The van der Waals surface area contributed by atoms with Crippen LogP contribution in [0, 0.1) is 5.41 Å². The van der Waals surface area contributed by atoms with E-state index in [0.717, 1.165) is 30.1 Å². The Labute approximate surface area is 99.5 Å². The fourth-order valence-corrected chi connectivity index (χ4v) is 3.96. The van der Waals surface area contributed by atoms with Crippen molar-refractivity contribution in [2.45, 2.75) is 44.9 Å². The quantitative estimate of drug-likeness (QED) is 0.410. The predicted molar refractivity (Wildman–Crippen MR) is 66.7 cm³/mol. The van der Waals surface area contributed by atoms with Crippen LogP contribution in [0.1, 0.15) is 44.9 Å². The van der Waals surface area contributed by atoms with Gasteiger partial charge in [0.05, 0.1) is 5.41 Å². The number of alkyl halides is 1. The molecule has 1 unspecified atom stereocenters. The molecule has 2 aliphatic rings. The fourth-order valence-electron chi connectivity index (χ4n) is 2.91. The highest BCUT2D eigenvalue weighted by Crippen LogP contribution is 2.46. The van der Waals surface area contributed by atoms with E-state index in [1.54, 1.807) is 0 Å². The summed E-state index contributed by atoms with van der Waals surface area (Å²) in [4.78, 5) is 12.1. The number of rotatable bonds is 1. The van der Waals surface area contributed by atoms with Gasteiger partial charge in [-0.15, -0.1) is 0 Å². The molecule has 0 amide bonds. The lowest BCUT2D eigenvalue weighted by Gasteiger charge is -2.40. The van der Waals surface area contributed by atoms with E-state index in [9.17, 15) is 4.79 Å². The molecule has 1 atom stereocenters. The van der Waals surface area contributed by atoms with Gasteiger partial charge in [-0.25, -0.2) is 0 Å². The van der Waals surface area contributed by atoms with Gasteiger partial charge in [0.15, 0.2) is 0 Å². The molecule has 2 heteroatoms. The number of hydrogen-bond donors (Lipinski definition) is 0. The van der Waals surface area contributed by atoms with Crippen molar-refractivity contribution in [3.05, 3.63) is 11.6 Å². The molecule has 1 nitrogen and oxygen atoms in total. The first-order valence-corrected chi connectivity index (χ1v) is 7.11. The van der Waals surface area contributed by atoms with Gasteiger partial charge in [-0.1, -0.05) is 40.7 Å². The molecule has 0 N–H and O–H groups in total. The largest absolute Gasteiger partial charge is 0.299 e. The second-order valence-corrected chi connectivity index (χ2v) is 5.23. The van der Waals surface area contributed by atoms with Crippen molar-refractivity contribution < 1.29 is 4.79 Å². The van der Waals surface area contributed by atoms with E-state index in [1.807, 2.05) is 0 Å². The van der Waals surface area contributed by atoms with E-state index >= 15 is 0 Å². The SMILES string of the molecule is O=C1CCCCC12CCCC=C2CI. The Hall–Kier alpha value is 0.140. The van der Waals surface area contributed by atoms with Crippen LogP contribution in [0.3, 0.4) is 0 Å². The lowest BCUT2D eigenvalue weighted by Crippen LogP contribution is -2.38. The second-order valence-electron chi connectivity index (χ2n) is 4.47. The fraction of sp³-hybridized carbons (Fsp3) is 0.750. The summed E-state index contributed by atoms with van der Waals surface area (Å²) in [5.41, 5.74) is 1.44. The van der Waals surface area contributed by atoms with E-state index in [1.165, 1.54) is 24.8 Å². The normalized spacial score (nSPS) is 33.2. The first-order chi connectivity index (χ1) is 6.79. The monoisotopic (exact) mass is 304 g/mol. The Morgan fingerprint density at radius 2 is 2.07 bits per heavy atom. The van der Waals surface area contributed by atoms with E-state index < -0.39 is 0 Å². The zero-order valence-electron chi connectivity index (χ0n) is 8.52. The van der Waals surface area contributed by atoms with Gasteiger partial charge in [0.25, 0.3) is 0 Å². The molecule has 2 aliphatic carbocycles. The molecule has 78 valence electrons. The predicted octanol–water partition coefficient (Wildman–Crippen LogP) is 3.66. The van der Waals surface area contributed by atoms with E-state index in [0.29, 0.717) is 5.78 Å². The van der Waals surface area contributed by atoms with Gasteiger partial charge in [0.1, 0.15) is 5.78 Å². The molecule has 0 saturated heterocycles. The molecule has 1 saturated carbocycles. The van der Waals surface area contributed by atoms with Crippen LogP contribution in [-0.2, 0) is 4.79 Å². The summed E-state index contributed by atoms with van der Waals surface area (Å²) in [6, 6.07) is 0. The zero-order chi connectivity index (χ0) is 10.0. The Morgan fingerprint density at radius 1 is 1.29 bits per heavy atom. The molecule has 1 fully saturated rings. The maximum absolute atomic E-state index is 12.1. The maximum Gasteiger partial charge on any atom is 0.143 e. The summed E-state index contributed by atoms with van der Waals surface area (Å²) in [7, 11) is 0. The Morgan fingerprint density at radius 3 is 2.79 bits per heavy atom. The average molecular weight is 304 g/mol. The summed E-state index contributed by atoms with van der Waals surface area (Å²) >= 11 is 2.41. The Balaban J connectivity index is 2.30. The molecule has 0 aromatic carbocycles. The van der Waals surface area contributed by atoms with Gasteiger partial charge in [-0.2, -0.15) is 0 Å². The first-order valence-electron chi connectivity index (χ1n) is 5.58. The third kappa shape index (κ3) is 1.66. The van der Waals surface area contributed by atoms with E-state index in [2.05, 4.69) is 28.7 Å². The smallest absolute Gasteiger partial charge is 0.143 e. The van der Waals surface area contributed by atoms with Gasteiger partial charge in [-0.05, 0) is 32.1 Å². The minimum absolute atomic E-state index is 0.00229. The first kappa shape index (κ1) is 10.7. The van der Waals surface area contributed by atoms with Crippen LogP contribution >= 0.6 is 22.6 Å². The zero-order valence-corrected chi connectivity index (χ0v) is 10.7. The van der Waals surface area contributed by atoms with Crippen LogP contribution in [0.2, 0.25) is 0 Å². The minimum Gasteiger partial charge on any atom is -0.299 e. The summed E-state index contributed by atoms with van der Waals surface area (Å²) in [6.45, 7) is 0. The Kier molecular flexibility index (Phi) is 3.30. The topological polar surface area (TPSA) is 17.1 Å². The molecule has 14 heavy (non-hydrogen) atoms. The van der Waals surface area contributed by atoms with Crippen molar-refractivity contribution in [3.63, 3.8) is 0 Å². The standard InChI is InChI=1S/C12H17IO/c13-9-10-5-1-3-7-12(10)8-4-2-6-11(12)14/h5H,1-4,6-9H2. The number of carbonyl (C=O) groups is 1. The highest BCUT2D eigenvalue weighted by molar-refractivity contribution is 14.1. The highest BCUT2D eigenvalue weighted by Gasteiger charge is 2.42. The molecular formula is C12H17IO. The van der Waals surface area contributed by atoms with Crippen molar-refractivity contribution in [1.29, 1.82) is 0 Å². The van der Waals surface area contributed by atoms with Crippen molar-refractivity contribution in [3.8, 4) is 0 Å². The van der Waals surface area contributed by atoms with Crippen molar-refractivity contribution >= 4 is 28.4 Å². The summed E-state index contributed by atoms with van der Waals surface area (Å²) in [6.07, 6.45) is 10.2. The van der Waals surface area contributed by atoms with Gasteiger partial charge >= 0.3 is 0 Å². The maximum atomic E-state index is 12.1. The Bertz CT molecular complexity index is 269. The number of Topliss-reactive ketones (excluding diaryl/α,β-unsaturated/α-hetero) is 1. The molecule has 1 spiro atoms. The van der Waals surface area contributed by atoms with E-state index in [4.69, 9.17) is 0 Å². The molecule has 0 radical (unpaired) electrons. The van der Waals surface area contributed by atoms with Gasteiger partial charge in [0.2, 0.25) is 0 Å². The van der Waals surface area contributed by atoms with Crippen molar-refractivity contribution in [2.24, 2.45) is 5.41 Å². The molecule has 0 aromatic rings. The van der Waals surface area contributed by atoms with Crippen LogP contribution < -0.4 is 0 Å².